The first kappa shape index (κ1) is 14.1. The maximum atomic E-state index is 10.5. The smallest absolute Gasteiger partial charge is 0.166 e. The molecule has 4 atom stereocenters. The summed E-state index contributed by atoms with van der Waals surface area (Å²) >= 11 is 0. The van der Waals surface area contributed by atoms with Gasteiger partial charge < -0.3 is 19.7 Å². The molecular weight excluding hydrogens is 282 g/mol. The van der Waals surface area contributed by atoms with Gasteiger partial charge in [0.15, 0.2) is 11.5 Å². The van der Waals surface area contributed by atoms with E-state index in [0.29, 0.717) is 19.4 Å². The molecule has 118 valence electrons. The highest BCUT2D eigenvalue weighted by Crippen LogP contribution is 2.56. The first-order valence-corrected chi connectivity index (χ1v) is 7.68. The van der Waals surface area contributed by atoms with Gasteiger partial charge in [-0.3, -0.25) is 4.90 Å². The van der Waals surface area contributed by atoms with Crippen LogP contribution in [0.2, 0.25) is 0 Å². The van der Waals surface area contributed by atoms with Gasteiger partial charge in [-0.1, -0.05) is 18.2 Å². The average molecular weight is 303 g/mol. The van der Waals surface area contributed by atoms with Crippen LogP contribution in [0.25, 0.3) is 0 Å². The Hall–Kier alpha value is -1.56. The van der Waals surface area contributed by atoms with Gasteiger partial charge in [0.25, 0.3) is 0 Å². The van der Waals surface area contributed by atoms with Crippen LogP contribution in [0.4, 0.5) is 0 Å². The van der Waals surface area contributed by atoms with Gasteiger partial charge in [-0.25, -0.2) is 0 Å². The molecule has 2 N–H and O–H groups in total. The molecule has 2 heterocycles. The number of hydrogen-bond donors (Lipinski definition) is 2. The van der Waals surface area contributed by atoms with E-state index in [2.05, 4.69) is 6.07 Å². The van der Waals surface area contributed by atoms with Gasteiger partial charge in [-0.15, -0.1) is 0 Å². The molecule has 3 aliphatic rings. The molecule has 5 nitrogen and oxygen atoms in total. The highest BCUT2D eigenvalue weighted by atomic mass is 16.5. The van der Waals surface area contributed by atoms with Crippen LogP contribution < -0.4 is 9.47 Å². The lowest BCUT2D eigenvalue weighted by Gasteiger charge is -2.37. The van der Waals surface area contributed by atoms with Crippen LogP contribution in [0.5, 0.6) is 11.5 Å². The molecular formula is C17H21NO4. The summed E-state index contributed by atoms with van der Waals surface area (Å²) in [6, 6.07) is 3.98. The minimum Gasteiger partial charge on any atom is -0.493 e. The summed E-state index contributed by atoms with van der Waals surface area (Å²) in [4.78, 5) is 1.95. The Balaban J connectivity index is 1.96. The molecule has 1 aromatic rings. The number of hydrogen-bond acceptors (Lipinski definition) is 5. The summed E-state index contributed by atoms with van der Waals surface area (Å²) in [7, 11) is 3.56. The quantitative estimate of drug-likeness (QED) is 0.763. The van der Waals surface area contributed by atoms with Crippen molar-refractivity contribution in [2.75, 3.05) is 14.2 Å². The van der Waals surface area contributed by atoms with Crippen LogP contribution in [-0.4, -0.2) is 47.7 Å². The van der Waals surface area contributed by atoms with E-state index in [0.717, 1.165) is 22.6 Å². The third kappa shape index (κ3) is 1.76. The van der Waals surface area contributed by atoms with Crippen molar-refractivity contribution in [1.82, 2.24) is 4.90 Å². The largest absolute Gasteiger partial charge is 0.493 e. The SMILES string of the molecule is COc1ccc2c3c1O[C@H]1C[C@@H](O)C=C[C@@]31CC(O)N(C)C2. The molecule has 1 aromatic carbocycles. The van der Waals surface area contributed by atoms with Crippen LogP contribution in [0.1, 0.15) is 24.0 Å². The van der Waals surface area contributed by atoms with E-state index in [1.54, 1.807) is 7.11 Å². The van der Waals surface area contributed by atoms with E-state index in [-0.39, 0.29) is 11.5 Å². The Labute approximate surface area is 129 Å². The molecule has 22 heavy (non-hydrogen) atoms. The highest BCUT2D eigenvalue weighted by molar-refractivity contribution is 5.61. The van der Waals surface area contributed by atoms with Crippen LogP contribution in [0.3, 0.4) is 0 Å². The molecule has 0 saturated carbocycles. The lowest BCUT2D eigenvalue weighted by atomic mass is 9.69. The predicted molar refractivity (Wildman–Crippen MR) is 80.9 cm³/mol. The molecule has 4 rings (SSSR count). The van der Waals surface area contributed by atoms with Gasteiger partial charge >= 0.3 is 0 Å². The number of ether oxygens (including phenoxy) is 2. The van der Waals surface area contributed by atoms with Gasteiger partial charge in [0.1, 0.15) is 12.3 Å². The molecule has 1 spiro atoms. The molecule has 1 unspecified atom stereocenters. The number of rotatable bonds is 1. The van der Waals surface area contributed by atoms with Crippen LogP contribution >= 0.6 is 0 Å². The average Bonchev–Trinajstić information content (AvgIpc) is 2.76. The molecule has 0 bridgehead atoms. The fourth-order valence-corrected chi connectivity index (χ4v) is 4.10. The van der Waals surface area contributed by atoms with Crippen LogP contribution in [-0.2, 0) is 12.0 Å². The minimum absolute atomic E-state index is 0.168. The molecule has 5 heteroatoms. The van der Waals surface area contributed by atoms with E-state index in [4.69, 9.17) is 9.47 Å². The number of aliphatic hydroxyl groups excluding tert-OH is 2. The molecule has 0 saturated heterocycles. The normalized spacial score (nSPS) is 36.3. The Kier molecular flexibility index (Phi) is 3.01. The number of methoxy groups -OCH3 is 1. The lowest BCUT2D eigenvalue weighted by molar-refractivity contribution is -0.0141. The van der Waals surface area contributed by atoms with Gasteiger partial charge in [0, 0.05) is 24.9 Å². The zero-order valence-electron chi connectivity index (χ0n) is 12.8. The van der Waals surface area contributed by atoms with Crippen molar-refractivity contribution < 1.29 is 19.7 Å². The van der Waals surface area contributed by atoms with Gasteiger partial charge in [-0.05, 0) is 18.7 Å². The first-order valence-electron chi connectivity index (χ1n) is 7.68. The van der Waals surface area contributed by atoms with Crippen LogP contribution in [0.15, 0.2) is 24.3 Å². The second-order valence-corrected chi connectivity index (χ2v) is 6.54. The Bertz CT molecular complexity index is 644. The van der Waals surface area contributed by atoms with Crippen molar-refractivity contribution in [3.05, 3.63) is 35.4 Å². The van der Waals surface area contributed by atoms with Gasteiger partial charge in [0.05, 0.1) is 18.6 Å². The van der Waals surface area contributed by atoms with E-state index >= 15 is 0 Å². The fourth-order valence-electron chi connectivity index (χ4n) is 4.10. The first-order chi connectivity index (χ1) is 10.5. The van der Waals surface area contributed by atoms with Crippen molar-refractivity contribution in [2.45, 2.75) is 43.2 Å². The Morgan fingerprint density at radius 2 is 2.18 bits per heavy atom. The standard InChI is InChI=1S/C17H21NO4/c1-18-9-10-3-4-12(21-2)16-15(10)17(8-14(18)20)6-5-11(19)7-13(17)22-16/h3-6,11,13-14,19-20H,7-9H2,1-2H3/t11-,13-,14?,17-/m0/s1. The summed E-state index contributed by atoms with van der Waals surface area (Å²) in [6.45, 7) is 0.668. The second-order valence-electron chi connectivity index (χ2n) is 6.54. The summed E-state index contributed by atoms with van der Waals surface area (Å²) in [5.41, 5.74) is 1.88. The third-order valence-corrected chi connectivity index (χ3v) is 5.25. The van der Waals surface area contributed by atoms with Crippen molar-refractivity contribution in [1.29, 1.82) is 0 Å². The van der Waals surface area contributed by atoms with Crippen molar-refractivity contribution >= 4 is 0 Å². The number of nitrogens with zero attached hydrogens (tertiary/aromatic N) is 1. The topological polar surface area (TPSA) is 62.2 Å². The summed E-state index contributed by atoms with van der Waals surface area (Å²) in [5.74, 6) is 1.49. The minimum atomic E-state index is -0.546. The zero-order chi connectivity index (χ0) is 15.5. The lowest BCUT2D eigenvalue weighted by Crippen LogP contribution is -2.45. The molecule has 0 fully saturated rings. The monoisotopic (exact) mass is 303 g/mol. The van der Waals surface area contributed by atoms with Gasteiger partial charge in [-0.2, -0.15) is 0 Å². The molecule has 0 aromatic heterocycles. The highest BCUT2D eigenvalue weighted by Gasteiger charge is 2.54. The van der Waals surface area contributed by atoms with E-state index in [1.165, 1.54) is 0 Å². The Morgan fingerprint density at radius 3 is 2.95 bits per heavy atom. The third-order valence-electron chi connectivity index (χ3n) is 5.25. The molecule has 1 aliphatic carbocycles. The zero-order valence-corrected chi connectivity index (χ0v) is 12.8. The fraction of sp³-hybridized carbons (Fsp3) is 0.529. The summed E-state index contributed by atoms with van der Waals surface area (Å²) in [6.07, 6.45) is 3.74. The number of benzene rings is 1. The summed E-state index contributed by atoms with van der Waals surface area (Å²) < 4.78 is 11.7. The molecule has 2 aliphatic heterocycles. The van der Waals surface area contributed by atoms with Gasteiger partial charge in [0.2, 0.25) is 0 Å². The number of aliphatic hydroxyl groups is 2. The van der Waals surface area contributed by atoms with Crippen molar-refractivity contribution in [3.63, 3.8) is 0 Å². The Morgan fingerprint density at radius 1 is 1.36 bits per heavy atom. The maximum Gasteiger partial charge on any atom is 0.166 e. The molecule has 0 amide bonds. The van der Waals surface area contributed by atoms with Crippen LogP contribution in [0, 0.1) is 0 Å². The second kappa shape index (κ2) is 4.72. The van der Waals surface area contributed by atoms with E-state index < -0.39 is 12.3 Å². The molecule has 0 radical (unpaired) electrons. The van der Waals surface area contributed by atoms with Crippen molar-refractivity contribution in [2.24, 2.45) is 0 Å². The predicted octanol–water partition coefficient (Wildman–Crippen LogP) is 1.17. The van der Waals surface area contributed by atoms with E-state index in [1.807, 2.05) is 30.2 Å². The maximum absolute atomic E-state index is 10.5. The summed E-state index contributed by atoms with van der Waals surface area (Å²) in [5, 5.41) is 20.5. The van der Waals surface area contributed by atoms with Crippen molar-refractivity contribution in [3.8, 4) is 11.5 Å². The van der Waals surface area contributed by atoms with E-state index in [9.17, 15) is 10.2 Å².